The van der Waals surface area contributed by atoms with E-state index in [9.17, 15) is 8.42 Å². The number of hydrogen-bond acceptors (Lipinski definition) is 4. The van der Waals surface area contributed by atoms with Crippen LogP contribution in [0.1, 0.15) is 19.3 Å². The predicted molar refractivity (Wildman–Crippen MR) is 60.4 cm³/mol. The van der Waals surface area contributed by atoms with Crippen molar-refractivity contribution < 1.29 is 8.42 Å². The molecule has 1 aliphatic carbocycles. The first-order valence-corrected chi connectivity index (χ1v) is 7.48. The summed E-state index contributed by atoms with van der Waals surface area (Å²) in [4.78, 5) is 2.26. The minimum absolute atomic E-state index is 0.231. The largest absolute Gasteiger partial charge is 0.330 e. The molecule has 0 amide bonds. The van der Waals surface area contributed by atoms with Crippen molar-refractivity contribution in [3.05, 3.63) is 0 Å². The Bertz CT molecular complexity index is 326. The van der Waals surface area contributed by atoms with Crippen molar-refractivity contribution in [1.29, 1.82) is 0 Å². The molecular weight excluding hydrogens is 212 g/mol. The smallest absolute Gasteiger partial charge is 0.151 e. The second-order valence-electron chi connectivity index (χ2n) is 4.86. The van der Waals surface area contributed by atoms with Gasteiger partial charge >= 0.3 is 0 Å². The van der Waals surface area contributed by atoms with E-state index in [1.165, 1.54) is 12.8 Å². The van der Waals surface area contributed by atoms with Crippen LogP contribution in [0.2, 0.25) is 0 Å². The van der Waals surface area contributed by atoms with Crippen LogP contribution in [0, 0.1) is 5.92 Å². The van der Waals surface area contributed by atoms with Crippen LogP contribution in [0.15, 0.2) is 0 Å². The van der Waals surface area contributed by atoms with Gasteiger partial charge in [-0.3, -0.25) is 4.90 Å². The molecule has 88 valence electrons. The van der Waals surface area contributed by atoms with E-state index in [1.807, 2.05) is 0 Å². The van der Waals surface area contributed by atoms with Crippen molar-refractivity contribution in [2.24, 2.45) is 11.7 Å². The van der Waals surface area contributed by atoms with Crippen LogP contribution in [-0.2, 0) is 9.84 Å². The van der Waals surface area contributed by atoms with Gasteiger partial charge in [-0.05, 0) is 38.8 Å². The summed E-state index contributed by atoms with van der Waals surface area (Å²) >= 11 is 0. The average molecular weight is 232 g/mol. The molecule has 0 radical (unpaired) electrons. The van der Waals surface area contributed by atoms with Crippen molar-refractivity contribution in [2.45, 2.75) is 31.3 Å². The number of rotatable bonds is 3. The lowest BCUT2D eigenvalue weighted by atomic mass is 9.78. The Morgan fingerprint density at radius 2 is 2.07 bits per heavy atom. The Morgan fingerprint density at radius 3 is 2.47 bits per heavy atom. The topological polar surface area (TPSA) is 63.4 Å². The molecule has 0 aromatic heterocycles. The van der Waals surface area contributed by atoms with Crippen molar-refractivity contribution in [3.63, 3.8) is 0 Å². The number of nitrogens with zero attached hydrogens (tertiary/aromatic N) is 1. The van der Waals surface area contributed by atoms with Gasteiger partial charge in [-0.2, -0.15) is 0 Å². The maximum Gasteiger partial charge on any atom is 0.151 e. The van der Waals surface area contributed by atoms with Gasteiger partial charge in [-0.15, -0.1) is 0 Å². The van der Waals surface area contributed by atoms with Crippen LogP contribution in [0.4, 0.5) is 0 Å². The lowest BCUT2D eigenvalue weighted by Gasteiger charge is -2.44. The third-order valence-electron chi connectivity index (χ3n) is 3.99. The second-order valence-corrected chi connectivity index (χ2v) is 7.09. The molecule has 1 aliphatic heterocycles. The summed E-state index contributed by atoms with van der Waals surface area (Å²) in [6.45, 7) is 0.731. The summed E-state index contributed by atoms with van der Waals surface area (Å²) in [7, 11) is -0.702. The second kappa shape index (κ2) is 4.03. The molecule has 0 spiro atoms. The number of sulfone groups is 1. The van der Waals surface area contributed by atoms with E-state index in [0.29, 0.717) is 23.5 Å². The fourth-order valence-electron chi connectivity index (χ4n) is 2.73. The zero-order valence-corrected chi connectivity index (χ0v) is 10.0. The molecule has 1 saturated heterocycles. The van der Waals surface area contributed by atoms with E-state index in [1.54, 1.807) is 0 Å². The van der Waals surface area contributed by atoms with Crippen LogP contribution in [0.3, 0.4) is 0 Å². The Morgan fingerprint density at radius 1 is 1.33 bits per heavy atom. The van der Waals surface area contributed by atoms with Gasteiger partial charge in [0.05, 0.1) is 11.5 Å². The molecule has 2 aliphatic rings. The quantitative estimate of drug-likeness (QED) is 0.734. The highest BCUT2D eigenvalue weighted by atomic mass is 32.2. The first-order valence-electron chi connectivity index (χ1n) is 5.66. The number of hydrogen-bond donors (Lipinski definition) is 1. The summed E-state index contributed by atoms with van der Waals surface area (Å²) in [6.07, 6.45) is 3.17. The summed E-state index contributed by atoms with van der Waals surface area (Å²) in [5.74, 6) is 1.29. The molecule has 0 aromatic rings. The van der Waals surface area contributed by atoms with Crippen LogP contribution in [-0.4, -0.2) is 50.5 Å². The maximum atomic E-state index is 11.4. The van der Waals surface area contributed by atoms with Gasteiger partial charge in [0.25, 0.3) is 0 Å². The molecule has 5 heteroatoms. The highest BCUT2D eigenvalue weighted by Gasteiger charge is 2.39. The Balaban J connectivity index is 1.94. The lowest BCUT2D eigenvalue weighted by Crippen LogP contribution is -2.52. The van der Waals surface area contributed by atoms with Crippen LogP contribution < -0.4 is 5.73 Å². The first kappa shape index (κ1) is 11.4. The predicted octanol–water partition coefficient (Wildman–Crippen LogP) is -0.157. The summed E-state index contributed by atoms with van der Waals surface area (Å²) < 4.78 is 22.7. The highest BCUT2D eigenvalue weighted by molar-refractivity contribution is 7.91. The molecule has 1 saturated carbocycles. The average Bonchev–Trinajstić information content (AvgIpc) is 2.45. The lowest BCUT2D eigenvalue weighted by molar-refractivity contribution is 0.0622. The number of nitrogens with two attached hydrogens (primary N) is 1. The maximum absolute atomic E-state index is 11.4. The SMILES string of the molecule is CN(C1CCS(=O)(=O)C1)C1CCC1CN. The van der Waals surface area contributed by atoms with E-state index in [4.69, 9.17) is 5.73 Å². The monoisotopic (exact) mass is 232 g/mol. The molecule has 2 rings (SSSR count). The minimum atomic E-state index is -2.76. The van der Waals surface area contributed by atoms with Gasteiger partial charge in [0, 0.05) is 12.1 Å². The van der Waals surface area contributed by atoms with Gasteiger partial charge in [0.15, 0.2) is 9.84 Å². The van der Waals surface area contributed by atoms with Crippen LogP contribution >= 0.6 is 0 Å². The Hall–Kier alpha value is -0.130. The summed E-state index contributed by atoms with van der Waals surface area (Å²) in [5.41, 5.74) is 5.67. The van der Waals surface area contributed by atoms with Crippen molar-refractivity contribution in [1.82, 2.24) is 4.90 Å². The third-order valence-corrected chi connectivity index (χ3v) is 5.74. The molecule has 3 unspecified atom stereocenters. The van der Waals surface area contributed by atoms with Crippen molar-refractivity contribution >= 4 is 9.84 Å². The van der Waals surface area contributed by atoms with Crippen molar-refractivity contribution in [3.8, 4) is 0 Å². The van der Waals surface area contributed by atoms with Crippen molar-refractivity contribution in [2.75, 3.05) is 25.1 Å². The molecule has 2 N–H and O–H groups in total. The van der Waals surface area contributed by atoms with E-state index >= 15 is 0 Å². The van der Waals surface area contributed by atoms with Gasteiger partial charge < -0.3 is 5.73 Å². The molecule has 1 heterocycles. The molecule has 0 bridgehead atoms. The Kier molecular flexibility index (Phi) is 3.05. The van der Waals surface area contributed by atoms with Crippen LogP contribution in [0.25, 0.3) is 0 Å². The van der Waals surface area contributed by atoms with E-state index in [2.05, 4.69) is 11.9 Å². The van der Waals surface area contributed by atoms with E-state index in [0.717, 1.165) is 13.0 Å². The van der Waals surface area contributed by atoms with E-state index in [-0.39, 0.29) is 6.04 Å². The van der Waals surface area contributed by atoms with Gasteiger partial charge in [-0.1, -0.05) is 0 Å². The van der Waals surface area contributed by atoms with Gasteiger partial charge in [0.2, 0.25) is 0 Å². The highest BCUT2D eigenvalue weighted by Crippen LogP contribution is 2.33. The first-order chi connectivity index (χ1) is 7.03. The molecule has 2 fully saturated rings. The zero-order chi connectivity index (χ0) is 11.1. The molecule has 4 nitrogen and oxygen atoms in total. The molecular formula is C10H20N2O2S. The van der Waals surface area contributed by atoms with Gasteiger partial charge in [-0.25, -0.2) is 8.42 Å². The minimum Gasteiger partial charge on any atom is -0.330 e. The summed E-state index contributed by atoms with van der Waals surface area (Å²) in [5, 5.41) is 0. The Labute approximate surface area is 91.7 Å². The normalized spacial score (nSPS) is 39.3. The third kappa shape index (κ3) is 2.19. The van der Waals surface area contributed by atoms with Gasteiger partial charge in [0.1, 0.15) is 0 Å². The standard InChI is InChI=1S/C10H20N2O2S/c1-12(10-3-2-8(10)6-11)9-4-5-15(13,14)7-9/h8-10H,2-7,11H2,1H3. The summed E-state index contributed by atoms with van der Waals surface area (Å²) in [6, 6.07) is 0.752. The van der Waals surface area contributed by atoms with E-state index < -0.39 is 9.84 Å². The molecule has 0 aromatic carbocycles. The fraction of sp³-hybridized carbons (Fsp3) is 1.00. The zero-order valence-electron chi connectivity index (χ0n) is 9.22. The molecule has 15 heavy (non-hydrogen) atoms. The fourth-order valence-corrected chi connectivity index (χ4v) is 4.52. The molecule has 3 atom stereocenters. The van der Waals surface area contributed by atoms with Crippen LogP contribution in [0.5, 0.6) is 0 Å².